The number of hydrogen-bond acceptors (Lipinski definition) is 4. The number of benzene rings is 2. The first-order chi connectivity index (χ1) is 13.9. The molecule has 1 saturated carbocycles. The van der Waals surface area contributed by atoms with Crippen LogP contribution in [0.5, 0.6) is 0 Å². The zero-order valence-electron chi connectivity index (χ0n) is 15.9. The number of para-hydroxylation sites is 1. The molecule has 0 bridgehead atoms. The Morgan fingerprint density at radius 3 is 2.69 bits per heavy atom. The molecule has 4 rings (SSSR count). The summed E-state index contributed by atoms with van der Waals surface area (Å²) >= 11 is 12.7. The van der Waals surface area contributed by atoms with Crippen LogP contribution < -0.4 is 5.63 Å². The lowest BCUT2D eigenvalue weighted by Crippen LogP contribution is -2.24. The number of carbonyl (C=O) groups excluding carboxylic acids is 1. The second-order valence-electron chi connectivity index (χ2n) is 7.60. The number of rotatable bonds is 3. The minimum atomic E-state index is -0.548. The molecule has 0 radical (unpaired) electrons. The second kappa shape index (κ2) is 8.21. The lowest BCUT2D eigenvalue weighted by Gasteiger charge is -2.26. The Morgan fingerprint density at radius 2 is 1.90 bits per heavy atom. The fourth-order valence-electron chi connectivity index (χ4n) is 3.86. The maximum absolute atomic E-state index is 12.7. The molecule has 0 aliphatic heterocycles. The van der Waals surface area contributed by atoms with Crippen LogP contribution >= 0.6 is 23.2 Å². The molecule has 29 heavy (non-hydrogen) atoms. The lowest BCUT2D eigenvalue weighted by molar-refractivity contribution is 0.0155. The molecule has 0 N–H and O–H groups in total. The third kappa shape index (κ3) is 4.19. The van der Waals surface area contributed by atoms with E-state index in [0.29, 0.717) is 17.1 Å². The van der Waals surface area contributed by atoms with Crippen LogP contribution in [0.15, 0.2) is 51.7 Å². The smallest absolute Gasteiger partial charge is 0.344 e. The van der Waals surface area contributed by atoms with Crippen molar-refractivity contribution in [2.45, 2.75) is 38.7 Å². The van der Waals surface area contributed by atoms with Gasteiger partial charge >= 0.3 is 11.6 Å². The lowest BCUT2D eigenvalue weighted by atomic mass is 9.89. The van der Waals surface area contributed by atoms with Crippen molar-refractivity contribution < 1.29 is 13.9 Å². The Kier molecular flexibility index (Phi) is 5.66. The molecule has 0 spiro atoms. The van der Waals surface area contributed by atoms with E-state index in [0.717, 1.165) is 31.1 Å². The van der Waals surface area contributed by atoms with E-state index < -0.39 is 11.6 Å². The summed E-state index contributed by atoms with van der Waals surface area (Å²) in [5.41, 5.74) is 0.790. The average molecular weight is 431 g/mol. The summed E-state index contributed by atoms with van der Waals surface area (Å²) in [6, 6.07) is 11.9. The summed E-state index contributed by atoms with van der Waals surface area (Å²) in [4.78, 5) is 25.3. The van der Waals surface area contributed by atoms with E-state index in [9.17, 15) is 9.59 Å². The molecule has 6 heteroatoms. The molecular formula is C23H20Cl2O4. The fraction of sp³-hybridized carbons (Fsp3) is 0.304. The molecule has 4 nitrogen and oxygen atoms in total. The molecule has 1 heterocycles. The van der Waals surface area contributed by atoms with Crippen molar-refractivity contribution in [1.82, 2.24) is 0 Å². The zero-order chi connectivity index (χ0) is 20.5. The summed E-state index contributed by atoms with van der Waals surface area (Å²) in [7, 11) is 0. The van der Waals surface area contributed by atoms with Gasteiger partial charge in [-0.15, -0.1) is 0 Å². The van der Waals surface area contributed by atoms with E-state index >= 15 is 0 Å². The van der Waals surface area contributed by atoms with Gasteiger partial charge in [-0.2, -0.15) is 0 Å². The highest BCUT2D eigenvalue weighted by atomic mass is 35.5. The highest BCUT2D eigenvalue weighted by molar-refractivity contribution is 6.44. The number of esters is 1. The van der Waals surface area contributed by atoms with Gasteiger partial charge in [0, 0.05) is 10.9 Å². The molecule has 2 atom stereocenters. The fourth-order valence-corrected chi connectivity index (χ4v) is 4.29. The van der Waals surface area contributed by atoms with Gasteiger partial charge in [-0.1, -0.05) is 54.7 Å². The number of fused-ring (bicyclic) bond motifs is 1. The van der Waals surface area contributed by atoms with Crippen molar-refractivity contribution in [3.63, 3.8) is 0 Å². The van der Waals surface area contributed by atoms with Crippen LogP contribution in [0.1, 0.15) is 43.0 Å². The topological polar surface area (TPSA) is 56.5 Å². The summed E-state index contributed by atoms with van der Waals surface area (Å²) < 4.78 is 11.1. The molecule has 1 fully saturated rings. The van der Waals surface area contributed by atoms with Crippen molar-refractivity contribution in [3.05, 3.63) is 68.5 Å². The minimum absolute atomic E-state index is 0.102. The Hall–Kier alpha value is -2.30. The van der Waals surface area contributed by atoms with Gasteiger partial charge in [0.15, 0.2) is 0 Å². The third-order valence-electron chi connectivity index (χ3n) is 5.36. The standard InChI is InChI=1S/C23H20Cl2O4/c1-13-5-4-7-16(9-13)28-22(26)15-11-17(21(25)19(24)12-15)18-10-14-6-2-3-8-20(14)29-23(18)27/h2-3,6,8,10-13,16H,4-5,7,9H2,1H3/t13-,16-/m1/s1. The van der Waals surface area contributed by atoms with E-state index in [-0.39, 0.29) is 27.3 Å². The highest BCUT2D eigenvalue weighted by Gasteiger charge is 2.24. The molecule has 1 aliphatic rings. The van der Waals surface area contributed by atoms with Crippen LogP contribution in [0.2, 0.25) is 10.0 Å². The van der Waals surface area contributed by atoms with Gasteiger partial charge in [0.2, 0.25) is 0 Å². The number of carbonyl (C=O) groups is 1. The molecule has 1 aromatic heterocycles. The first-order valence-corrected chi connectivity index (χ1v) is 10.4. The predicted molar refractivity (Wildman–Crippen MR) is 115 cm³/mol. The number of hydrogen-bond donors (Lipinski definition) is 0. The SMILES string of the molecule is C[C@@H]1CCC[C@@H](OC(=O)c2cc(Cl)c(Cl)c(-c3cc4ccccc4oc3=O)c2)C1. The van der Waals surface area contributed by atoms with Crippen molar-refractivity contribution in [3.8, 4) is 11.1 Å². The highest BCUT2D eigenvalue weighted by Crippen LogP contribution is 2.35. The Labute approximate surface area is 178 Å². The van der Waals surface area contributed by atoms with E-state index in [1.165, 1.54) is 6.07 Å². The molecule has 0 amide bonds. The number of ether oxygens (including phenoxy) is 1. The van der Waals surface area contributed by atoms with E-state index in [1.807, 2.05) is 12.1 Å². The second-order valence-corrected chi connectivity index (χ2v) is 8.39. The van der Waals surface area contributed by atoms with Crippen LogP contribution in [0, 0.1) is 5.92 Å². The van der Waals surface area contributed by atoms with Gasteiger partial charge in [-0.05, 0) is 49.4 Å². The predicted octanol–water partition coefficient (Wildman–Crippen LogP) is 6.50. The van der Waals surface area contributed by atoms with Crippen molar-refractivity contribution in [2.75, 3.05) is 0 Å². The molecule has 150 valence electrons. The summed E-state index contributed by atoms with van der Waals surface area (Å²) in [5, 5.41) is 1.12. The Balaban J connectivity index is 1.72. The zero-order valence-corrected chi connectivity index (χ0v) is 17.4. The van der Waals surface area contributed by atoms with Gasteiger partial charge in [0.1, 0.15) is 11.7 Å². The maximum atomic E-state index is 12.7. The van der Waals surface area contributed by atoms with Gasteiger partial charge in [0.05, 0.1) is 21.2 Å². The summed E-state index contributed by atoms with van der Waals surface area (Å²) in [6.07, 6.45) is 3.81. The van der Waals surface area contributed by atoms with Gasteiger partial charge in [0.25, 0.3) is 0 Å². The van der Waals surface area contributed by atoms with Gasteiger partial charge in [-0.25, -0.2) is 9.59 Å². The van der Waals surface area contributed by atoms with Crippen LogP contribution in [0.3, 0.4) is 0 Å². The number of halogens is 2. The molecule has 3 aromatic rings. The summed E-state index contributed by atoms with van der Waals surface area (Å²) in [5.74, 6) is 0.0715. The molecule has 1 aliphatic carbocycles. The Bertz CT molecular complexity index is 1140. The monoisotopic (exact) mass is 430 g/mol. The average Bonchev–Trinajstić information content (AvgIpc) is 2.69. The van der Waals surface area contributed by atoms with Crippen LogP contribution in [-0.2, 0) is 4.74 Å². The van der Waals surface area contributed by atoms with Crippen LogP contribution in [0.4, 0.5) is 0 Å². The largest absolute Gasteiger partial charge is 0.459 e. The first-order valence-electron chi connectivity index (χ1n) is 9.65. The van der Waals surface area contributed by atoms with Crippen LogP contribution in [-0.4, -0.2) is 12.1 Å². The molecule has 2 aromatic carbocycles. The van der Waals surface area contributed by atoms with E-state index in [2.05, 4.69) is 6.92 Å². The quantitative estimate of drug-likeness (QED) is 0.351. The van der Waals surface area contributed by atoms with E-state index in [1.54, 1.807) is 24.3 Å². The van der Waals surface area contributed by atoms with Crippen molar-refractivity contribution >= 4 is 40.1 Å². The normalized spacial score (nSPS) is 19.3. The molecule has 0 unspecified atom stereocenters. The molecular weight excluding hydrogens is 411 g/mol. The van der Waals surface area contributed by atoms with E-state index in [4.69, 9.17) is 32.4 Å². The maximum Gasteiger partial charge on any atom is 0.344 e. The molecule has 0 saturated heterocycles. The van der Waals surface area contributed by atoms with Crippen molar-refractivity contribution in [1.29, 1.82) is 0 Å². The third-order valence-corrected chi connectivity index (χ3v) is 6.16. The van der Waals surface area contributed by atoms with Crippen LogP contribution in [0.25, 0.3) is 22.1 Å². The first kappa shape index (κ1) is 20.0. The van der Waals surface area contributed by atoms with Gasteiger partial charge < -0.3 is 9.15 Å². The minimum Gasteiger partial charge on any atom is -0.459 e. The van der Waals surface area contributed by atoms with Gasteiger partial charge in [-0.3, -0.25) is 0 Å². The summed E-state index contributed by atoms with van der Waals surface area (Å²) in [6.45, 7) is 2.16. The van der Waals surface area contributed by atoms with Crippen molar-refractivity contribution in [2.24, 2.45) is 5.92 Å². The Morgan fingerprint density at radius 1 is 1.10 bits per heavy atom.